The van der Waals surface area contributed by atoms with Crippen LogP contribution in [0.4, 0.5) is 0 Å². The van der Waals surface area contributed by atoms with Crippen LogP contribution in [-0.2, 0) is 4.79 Å². The average Bonchev–Trinajstić information content (AvgIpc) is 2.11. The number of hydrogen-bond donors (Lipinski definition) is 2. The average molecular weight is 198 g/mol. The molecule has 0 radical (unpaired) electrons. The summed E-state index contributed by atoms with van der Waals surface area (Å²) in [4.78, 5) is 11.4. The molecule has 14 heavy (non-hydrogen) atoms. The zero-order valence-electron chi connectivity index (χ0n) is 9.31. The van der Waals surface area contributed by atoms with Crippen molar-refractivity contribution in [3.63, 3.8) is 0 Å². The van der Waals surface area contributed by atoms with Crippen LogP contribution in [0.3, 0.4) is 0 Å². The van der Waals surface area contributed by atoms with Gasteiger partial charge >= 0.3 is 0 Å². The highest BCUT2D eigenvalue weighted by Gasteiger charge is 2.17. The van der Waals surface area contributed by atoms with E-state index in [4.69, 9.17) is 0 Å². The molecule has 0 bridgehead atoms. The molecular weight excluding hydrogens is 176 g/mol. The Morgan fingerprint density at radius 2 is 2.00 bits per heavy atom. The predicted molar refractivity (Wildman–Crippen MR) is 58.2 cm³/mol. The van der Waals surface area contributed by atoms with Crippen molar-refractivity contribution < 1.29 is 4.79 Å². The predicted octanol–water partition coefficient (Wildman–Crippen LogP) is 1.43. The summed E-state index contributed by atoms with van der Waals surface area (Å²) in [6.45, 7) is 4.70. The number of hydrogen-bond acceptors (Lipinski definition) is 2. The van der Waals surface area contributed by atoms with Gasteiger partial charge in [0, 0.05) is 12.1 Å². The summed E-state index contributed by atoms with van der Waals surface area (Å²) in [7, 11) is 0. The van der Waals surface area contributed by atoms with Crippen LogP contribution in [0.5, 0.6) is 0 Å². The lowest BCUT2D eigenvalue weighted by atomic mass is 9.93. The quantitative estimate of drug-likeness (QED) is 0.678. The third-order valence-electron chi connectivity index (χ3n) is 3.01. The van der Waals surface area contributed by atoms with Crippen LogP contribution >= 0.6 is 0 Å². The molecule has 0 aliphatic heterocycles. The third-order valence-corrected chi connectivity index (χ3v) is 3.01. The molecule has 1 fully saturated rings. The Hall–Kier alpha value is -0.570. The monoisotopic (exact) mass is 198 g/mol. The fourth-order valence-corrected chi connectivity index (χ4v) is 1.62. The van der Waals surface area contributed by atoms with E-state index in [9.17, 15) is 4.79 Å². The number of amides is 1. The molecule has 1 aliphatic rings. The number of carbonyl (C=O) groups is 1. The Morgan fingerprint density at radius 3 is 2.43 bits per heavy atom. The molecule has 0 saturated heterocycles. The van der Waals surface area contributed by atoms with Gasteiger partial charge in [-0.25, -0.2) is 0 Å². The van der Waals surface area contributed by atoms with Crippen molar-refractivity contribution in [1.29, 1.82) is 0 Å². The van der Waals surface area contributed by atoms with E-state index in [-0.39, 0.29) is 5.91 Å². The molecule has 1 rings (SSSR count). The maximum absolute atomic E-state index is 11.4. The maximum atomic E-state index is 11.4. The van der Waals surface area contributed by atoms with E-state index >= 15 is 0 Å². The fourth-order valence-electron chi connectivity index (χ4n) is 1.62. The van der Waals surface area contributed by atoms with E-state index in [1.54, 1.807) is 0 Å². The highest BCUT2D eigenvalue weighted by Crippen LogP contribution is 2.17. The first-order chi connectivity index (χ1) is 6.76. The highest BCUT2D eigenvalue weighted by molar-refractivity contribution is 5.78. The summed E-state index contributed by atoms with van der Waals surface area (Å²) in [5.41, 5.74) is 0. The summed E-state index contributed by atoms with van der Waals surface area (Å²) in [6, 6.07) is 0.952. The highest BCUT2D eigenvalue weighted by atomic mass is 16.1. The zero-order chi connectivity index (χ0) is 10.4. The SMILES string of the molecule is CCC(CC)NC(=O)CNC1CCC1. The van der Waals surface area contributed by atoms with Crippen LogP contribution in [0.25, 0.3) is 0 Å². The van der Waals surface area contributed by atoms with Crippen molar-refractivity contribution in [2.75, 3.05) is 6.54 Å². The van der Waals surface area contributed by atoms with Gasteiger partial charge in [0.1, 0.15) is 0 Å². The molecule has 1 saturated carbocycles. The Morgan fingerprint density at radius 1 is 1.36 bits per heavy atom. The Balaban J connectivity index is 2.07. The van der Waals surface area contributed by atoms with Crippen LogP contribution in [0.15, 0.2) is 0 Å². The van der Waals surface area contributed by atoms with Crippen molar-refractivity contribution in [1.82, 2.24) is 10.6 Å². The molecule has 1 aliphatic carbocycles. The Labute approximate surface area is 86.6 Å². The number of rotatable bonds is 6. The van der Waals surface area contributed by atoms with Crippen LogP contribution in [0, 0.1) is 0 Å². The fraction of sp³-hybridized carbons (Fsp3) is 0.909. The second-order valence-corrected chi connectivity index (χ2v) is 4.09. The molecule has 0 aromatic rings. The van der Waals surface area contributed by atoms with Crippen molar-refractivity contribution in [2.24, 2.45) is 0 Å². The van der Waals surface area contributed by atoms with Gasteiger partial charge in [0.15, 0.2) is 0 Å². The molecule has 0 atom stereocenters. The first kappa shape index (κ1) is 11.5. The smallest absolute Gasteiger partial charge is 0.234 e. The molecule has 82 valence electrons. The molecule has 0 aromatic heterocycles. The minimum Gasteiger partial charge on any atom is -0.352 e. The summed E-state index contributed by atoms with van der Waals surface area (Å²) in [5.74, 6) is 0.144. The van der Waals surface area contributed by atoms with Gasteiger partial charge in [-0.3, -0.25) is 4.79 Å². The van der Waals surface area contributed by atoms with Crippen LogP contribution < -0.4 is 10.6 Å². The lowest BCUT2D eigenvalue weighted by Gasteiger charge is -2.26. The van der Waals surface area contributed by atoms with Gasteiger partial charge in [-0.15, -0.1) is 0 Å². The third kappa shape index (κ3) is 3.66. The van der Waals surface area contributed by atoms with Gasteiger partial charge in [-0.05, 0) is 25.7 Å². The van der Waals surface area contributed by atoms with Crippen molar-refractivity contribution in [2.45, 2.75) is 58.0 Å². The van der Waals surface area contributed by atoms with E-state index in [2.05, 4.69) is 24.5 Å². The normalized spacial score (nSPS) is 16.8. The van der Waals surface area contributed by atoms with Crippen molar-refractivity contribution >= 4 is 5.91 Å². The summed E-state index contributed by atoms with van der Waals surface area (Å²) in [5, 5.41) is 6.28. The van der Waals surface area contributed by atoms with Gasteiger partial charge in [0.25, 0.3) is 0 Å². The number of nitrogens with one attached hydrogen (secondary N) is 2. The summed E-state index contributed by atoms with van der Waals surface area (Å²) < 4.78 is 0. The van der Waals surface area contributed by atoms with Gasteiger partial charge in [0.2, 0.25) is 5.91 Å². The number of carbonyl (C=O) groups excluding carboxylic acids is 1. The molecule has 0 spiro atoms. The molecule has 0 aromatic carbocycles. The Bertz CT molecular complexity index is 174. The first-order valence-electron chi connectivity index (χ1n) is 5.79. The second-order valence-electron chi connectivity index (χ2n) is 4.09. The summed E-state index contributed by atoms with van der Waals surface area (Å²) in [6.07, 6.45) is 5.82. The lowest BCUT2D eigenvalue weighted by Crippen LogP contribution is -2.44. The maximum Gasteiger partial charge on any atom is 0.234 e. The molecule has 0 heterocycles. The van der Waals surface area contributed by atoms with E-state index in [1.807, 2.05) is 0 Å². The standard InChI is InChI=1S/C11H22N2O/c1-3-9(4-2)13-11(14)8-12-10-6-5-7-10/h9-10,12H,3-8H2,1-2H3,(H,13,14). The molecule has 3 nitrogen and oxygen atoms in total. The molecule has 1 amide bonds. The van der Waals surface area contributed by atoms with Gasteiger partial charge in [0.05, 0.1) is 6.54 Å². The van der Waals surface area contributed by atoms with Gasteiger partial charge in [-0.1, -0.05) is 20.3 Å². The van der Waals surface area contributed by atoms with Crippen LogP contribution in [0.2, 0.25) is 0 Å². The van der Waals surface area contributed by atoms with Crippen molar-refractivity contribution in [3.05, 3.63) is 0 Å². The topological polar surface area (TPSA) is 41.1 Å². The Kier molecular flexibility index (Phi) is 4.94. The van der Waals surface area contributed by atoms with Crippen molar-refractivity contribution in [3.8, 4) is 0 Å². The van der Waals surface area contributed by atoms with E-state index < -0.39 is 0 Å². The van der Waals surface area contributed by atoms with Crippen LogP contribution in [0.1, 0.15) is 46.0 Å². The van der Waals surface area contributed by atoms with Crippen LogP contribution in [-0.4, -0.2) is 24.5 Å². The minimum absolute atomic E-state index is 0.144. The summed E-state index contributed by atoms with van der Waals surface area (Å²) >= 11 is 0. The lowest BCUT2D eigenvalue weighted by molar-refractivity contribution is -0.121. The van der Waals surface area contributed by atoms with Gasteiger partial charge in [-0.2, -0.15) is 0 Å². The van der Waals surface area contributed by atoms with E-state index in [1.165, 1.54) is 19.3 Å². The first-order valence-corrected chi connectivity index (χ1v) is 5.79. The largest absolute Gasteiger partial charge is 0.352 e. The second kappa shape index (κ2) is 6.02. The van der Waals surface area contributed by atoms with E-state index in [0.29, 0.717) is 18.6 Å². The molecule has 3 heteroatoms. The zero-order valence-corrected chi connectivity index (χ0v) is 9.31. The molecule has 2 N–H and O–H groups in total. The van der Waals surface area contributed by atoms with Gasteiger partial charge < -0.3 is 10.6 Å². The molecular formula is C11H22N2O. The van der Waals surface area contributed by atoms with E-state index in [0.717, 1.165) is 12.8 Å². The minimum atomic E-state index is 0.144. The molecule has 0 unspecified atom stereocenters.